The number of aromatic nitrogens is 1. The minimum absolute atomic E-state index is 0.0592. The summed E-state index contributed by atoms with van der Waals surface area (Å²) >= 11 is 0. The Morgan fingerprint density at radius 1 is 1.26 bits per heavy atom. The van der Waals surface area contributed by atoms with Gasteiger partial charge >= 0.3 is 0 Å². The number of benzene rings is 1. The molecule has 3 rings (SSSR count). The van der Waals surface area contributed by atoms with Crippen molar-refractivity contribution in [3.63, 3.8) is 0 Å². The second kappa shape index (κ2) is 6.99. The summed E-state index contributed by atoms with van der Waals surface area (Å²) in [5, 5.41) is 2.35. The third-order valence-electron chi connectivity index (χ3n) is 4.28. The number of amides is 1. The molecule has 9 heteroatoms. The lowest BCUT2D eigenvalue weighted by Crippen LogP contribution is -2.45. The maximum absolute atomic E-state index is 15.1. The number of amidine groups is 1. The van der Waals surface area contributed by atoms with Gasteiger partial charge in [0.15, 0.2) is 11.4 Å². The third kappa shape index (κ3) is 3.50. The van der Waals surface area contributed by atoms with E-state index in [2.05, 4.69) is 15.3 Å². The van der Waals surface area contributed by atoms with E-state index in [0.29, 0.717) is 0 Å². The van der Waals surface area contributed by atoms with Crippen molar-refractivity contribution in [1.29, 1.82) is 0 Å². The number of alkyl halides is 2. The maximum Gasteiger partial charge on any atom is 0.299 e. The predicted molar refractivity (Wildman–Crippen MR) is 93.3 cm³/mol. The first kappa shape index (κ1) is 18.8. The first-order valence-corrected chi connectivity index (χ1v) is 8.06. The maximum atomic E-state index is 15.1. The fourth-order valence-corrected chi connectivity index (χ4v) is 2.77. The van der Waals surface area contributed by atoms with E-state index in [1.807, 2.05) is 0 Å². The zero-order valence-corrected chi connectivity index (χ0v) is 14.4. The molecule has 1 aliphatic rings. The number of hydrogen-bond donors (Lipinski definition) is 2. The second-order valence-corrected chi connectivity index (χ2v) is 6.21. The van der Waals surface area contributed by atoms with Crippen molar-refractivity contribution in [3.05, 3.63) is 59.7 Å². The monoisotopic (exact) mass is 378 g/mol. The Morgan fingerprint density at radius 2 is 2.04 bits per heavy atom. The van der Waals surface area contributed by atoms with Crippen LogP contribution in [0.1, 0.15) is 23.0 Å². The Bertz CT molecular complexity index is 889. The number of anilines is 1. The van der Waals surface area contributed by atoms with E-state index >= 15 is 4.39 Å². The topological polar surface area (TPSA) is 89.6 Å². The number of nitrogens with one attached hydrogen (secondary N) is 1. The van der Waals surface area contributed by atoms with Crippen LogP contribution in [0.5, 0.6) is 0 Å². The number of halogens is 3. The van der Waals surface area contributed by atoms with Gasteiger partial charge in [0.1, 0.15) is 24.7 Å². The minimum atomic E-state index is -3.52. The number of nitrogens with zero attached hydrogens (tertiary/aromatic N) is 2. The van der Waals surface area contributed by atoms with Gasteiger partial charge in [-0.1, -0.05) is 18.2 Å². The van der Waals surface area contributed by atoms with Crippen molar-refractivity contribution < 1.29 is 22.7 Å². The zero-order valence-electron chi connectivity index (χ0n) is 14.4. The summed E-state index contributed by atoms with van der Waals surface area (Å²) in [6.07, 6.45) is 1.41. The molecule has 1 amide bonds. The number of nitrogens with two attached hydrogens (primary N) is 1. The molecule has 6 nitrogen and oxygen atoms in total. The smallest absolute Gasteiger partial charge is 0.299 e. The lowest BCUT2D eigenvalue weighted by atomic mass is 9.85. The summed E-state index contributed by atoms with van der Waals surface area (Å²) < 4.78 is 49.2. The molecule has 0 aliphatic carbocycles. The highest BCUT2D eigenvalue weighted by molar-refractivity contribution is 6.02. The molecular weight excluding hydrogens is 361 g/mol. The number of aliphatic imine (C=N–C) groups is 1. The van der Waals surface area contributed by atoms with Gasteiger partial charge in [0.05, 0.1) is 5.69 Å². The van der Waals surface area contributed by atoms with Crippen molar-refractivity contribution in [2.75, 3.05) is 18.5 Å². The van der Waals surface area contributed by atoms with Crippen LogP contribution < -0.4 is 11.1 Å². The first-order valence-electron chi connectivity index (χ1n) is 8.06. The van der Waals surface area contributed by atoms with E-state index < -0.39 is 35.4 Å². The van der Waals surface area contributed by atoms with E-state index in [1.165, 1.54) is 30.5 Å². The molecule has 27 heavy (non-hydrogen) atoms. The summed E-state index contributed by atoms with van der Waals surface area (Å²) in [4.78, 5) is 19.9. The van der Waals surface area contributed by atoms with Gasteiger partial charge in [-0.25, -0.2) is 13.2 Å². The lowest BCUT2D eigenvalue weighted by molar-refractivity contribution is -0.116. The largest absolute Gasteiger partial charge is 0.385 e. The van der Waals surface area contributed by atoms with Gasteiger partial charge in [-0.05, 0) is 25.1 Å². The molecule has 142 valence electrons. The van der Waals surface area contributed by atoms with Gasteiger partial charge in [0.25, 0.3) is 11.8 Å². The molecule has 0 saturated carbocycles. The van der Waals surface area contributed by atoms with Gasteiger partial charge in [-0.2, -0.15) is 0 Å². The first-order chi connectivity index (χ1) is 12.7. The Hall–Kier alpha value is -2.94. The number of hydrogen-bond acceptors (Lipinski definition) is 5. The van der Waals surface area contributed by atoms with E-state index in [4.69, 9.17) is 10.5 Å². The Kier molecular flexibility index (Phi) is 4.88. The van der Waals surface area contributed by atoms with Gasteiger partial charge in [-0.15, -0.1) is 0 Å². The van der Waals surface area contributed by atoms with Crippen LogP contribution in [0, 0.1) is 5.82 Å². The number of carbonyl (C=O) groups is 1. The van der Waals surface area contributed by atoms with Crippen molar-refractivity contribution in [2.45, 2.75) is 18.4 Å². The van der Waals surface area contributed by atoms with Crippen LogP contribution in [-0.2, 0) is 10.3 Å². The van der Waals surface area contributed by atoms with Gasteiger partial charge < -0.3 is 15.8 Å². The molecule has 0 unspecified atom stereocenters. The van der Waals surface area contributed by atoms with Crippen molar-refractivity contribution in [3.8, 4) is 0 Å². The van der Waals surface area contributed by atoms with E-state index in [9.17, 15) is 13.6 Å². The van der Waals surface area contributed by atoms with E-state index in [1.54, 1.807) is 12.1 Å². The number of ether oxygens (including phenoxy) is 1. The number of rotatable bonds is 3. The van der Waals surface area contributed by atoms with Gasteiger partial charge in [0, 0.05) is 11.8 Å². The molecule has 3 N–H and O–H groups in total. The van der Waals surface area contributed by atoms with Crippen LogP contribution in [0.4, 0.5) is 18.9 Å². The fraction of sp³-hybridized carbons (Fsp3) is 0.278. The van der Waals surface area contributed by atoms with Crippen LogP contribution in [-0.4, -0.2) is 35.9 Å². The molecule has 1 aliphatic heterocycles. The third-order valence-corrected chi connectivity index (χ3v) is 4.28. The number of carbonyl (C=O) groups excluding carboxylic acids is 1. The SMILES string of the molecule is C[C@]1(c2cccc(NC(=O)c3ccccn3)c2F)N=C(N)COCC1(F)F. The summed E-state index contributed by atoms with van der Waals surface area (Å²) in [5.74, 6) is -5.38. The van der Waals surface area contributed by atoms with E-state index in [-0.39, 0.29) is 23.8 Å². The lowest BCUT2D eigenvalue weighted by Gasteiger charge is -2.33. The van der Waals surface area contributed by atoms with Crippen LogP contribution >= 0.6 is 0 Å². The molecule has 0 bridgehead atoms. The Morgan fingerprint density at radius 3 is 2.74 bits per heavy atom. The molecule has 1 aromatic carbocycles. The average Bonchev–Trinajstić information content (AvgIpc) is 2.73. The molecule has 1 aromatic heterocycles. The predicted octanol–water partition coefficient (Wildman–Crippen LogP) is 2.71. The molecule has 0 spiro atoms. The summed E-state index contributed by atoms with van der Waals surface area (Å²) in [5.41, 5.74) is 2.71. The van der Waals surface area contributed by atoms with Crippen molar-refractivity contribution in [2.24, 2.45) is 10.7 Å². The normalized spacial score (nSPS) is 21.9. The quantitative estimate of drug-likeness (QED) is 0.859. The van der Waals surface area contributed by atoms with Crippen molar-refractivity contribution >= 4 is 17.4 Å². The van der Waals surface area contributed by atoms with Crippen LogP contribution in [0.3, 0.4) is 0 Å². The fourth-order valence-electron chi connectivity index (χ4n) is 2.77. The Labute approximate surface area is 153 Å². The summed E-state index contributed by atoms with van der Waals surface area (Å²) in [6.45, 7) is -0.155. The van der Waals surface area contributed by atoms with Crippen LogP contribution in [0.2, 0.25) is 0 Å². The molecule has 0 saturated heterocycles. The molecular formula is C18H17F3N4O2. The second-order valence-electron chi connectivity index (χ2n) is 6.21. The molecule has 2 heterocycles. The highest BCUT2D eigenvalue weighted by atomic mass is 19.3. The zero-order chi connectivity index (χ0) is 19.7. The molecule has 0 fully saturated rings. The van der Waals surface area contributed by atoms with Crippen molar-refractivity contribution in [1.82, 2.24) is 4.98 Å². The standard InChI is InChI=1S/C18H17F3N4O2/c1-17(18(20,21)10-27-9-14(22)25-17)11-5-4-7-12(15(11)19)24-16(26)13-6-2-3-8-23-13/h2-8H,9-10H2,1H3,(H2,22,25)(H,24,26)/t17-/m1/s1. The molecule has 2 aromatic rings. The average molecular weight is 378 g/mol. The van der Waals surface area contributed by atoms with Crippen LogP contribution in [0.25, 0.3) is 0 Å². The highest BCUT2D eigenvalue weighted by Gasteiger charge is 2.54. The molecule has 1 atom stereocenters. The van der Waals surface area contributed by atoms with E-state index in [0.717, 1.165) is 6.92 Å². The van der Waals surface area contributed by atoms with Gasteiger partial charge in [-0.3, -0.25) is 14.8 Å². The molecule has 0 radical (unpaired) electrons. The Balaban J connectivity index is 2.02. The summed E-state index contributed by atoms with van der Waals surface area (Å²) in [6, 6.07) is 8.46. The summed E-state index contributed by atoms with van der Waals surface area (Å²) in [7, 11) is 0. The minimum Gasteiger partial charge on any atom is -0.385 e. The highest BCUT2D eigenvalue weighted by Crippen LogP contribution is 2.44. The van der Waals surface area contributed by atoms with Gasteiger partial charge in [0.2, 0.25) is 0 Å². The number of pyridine rings is 1. The van der Waals surface area contributed by atoms with Crippen LogP contribution in [0.15, 0.2) is 47.6 Å².